The van der Waals surface area contributed by atoms with Gasteiger partial charge in [-0.15, -0.1) is 0 Å². The van der Waals surface area contributed by atoms with E-state index in [9.17, 15) is 4.79 Å². The number of likely N-dealkylation sites (N-methyl/N-ethyl adjacent to an activating group) is 2. The fourth-order valence-electron chi connectivity index (χ4n) is 1.69. The molecule has 0 saturated heterocycles. The van der Waals surface area contributed by atoms with E-state index in [4.69, 9.17) is 5.73 Å². The Labute approximate surface area is 103 Å². The second-order valence-corrected chi connectivity index (χ2v) is 3.84. The normalized spacial score (nSPS) is 10.1. The molecule has 0 atom stereocenters. The summed E-state index contributed by atoms with van der Waals surface area (Å²) in [5, 5.41) is 2.80. The molecular formula is C13H21N3O. The minimum Gasteiger partial charge on any atom is -0.362 e. The van der Waals surface area contributed by atoms with Gasteiger partial charge in [-0.05, 0) is 31.5 Å². The van der Waals surface area contributed by atoms with Crippen LogP contribution in [0.5, 0.6) is 0 Å². The molecule has 1 aromatic carbocycles. The van der Waals surface area contributed by atoms with Crippen molar-refractivity contribution < 1.29 is 4.79 Å². The van der Waals surface area contributed by atoms with E-state index in [0.29, 0.717) is 19.6 Å². The van der Waals surface area contributed by atoms with Crippen molar-refractivity contribution in [3.8, 4) is 0 Å². The molecule has 0 aromatic heterocycles. The minimum atomic E-state index is 0.0486. The molecule has 0 radical (unpaired) electrons. The monoisotopic (exact) mass is 235 g/mol. The van der Waals surface area contributed by atoms with E-state index in [1.165, 1.54) is 0 Å². The van der Waals surface area contributed by atoms with Gasteiger partial charge in [-0.2, -0.15) is 0 Å². The number of carbonyl (C=O) groups excluding carboxylic acids is 1. The first-order valence-electron chi connectivity index (χ1n) is 6.01. The molecule has 0 spiro atoms. The third-order valence-electron chi connectivity index (χ3n) is 2.60. The van der Waals surface area contributed by atoms with Crippen molar-refractivity contribution in [1.29, 1.82) is 0 Å². The number of hydrogen-bond acceptors (Lipinski definition) is 3. The third-order valence-corrected chi connectivity index (χ3v) is 2.60. The van der Waals surface area contributed by atoms with Crippen LogP contribution in [0.2, 0.25) is 0 Å². The minimum absolute atomic E-state index is 0.0486. The molecule has 4 nitrogen and oxygen atoms in total. The number of nitrogens with zero attached hydrogens (tertiary/aromatic N) is 1. The Morgan fingerprint density at radius 2 is 2.18 bits per heavy atom. The summed E-state index contributed by atoms with van der Waals surface area (Å²) in [4.78, 5) is 13.6. The Morgan fingerprint density at radius 3 is 2.76 bits per heavy atom. The van der Waals surface area contributed by atoms with E-state index in [1.54, 1.807) is 0 Å². The first-order valence-corrected chi connectivity index (χ1v) is 6.01. The molecule has 4 heteroatoms. The molecule has 1 aromatic rings. The van der Waals surface area contributed by atoms with Crippen LogP contribution in [0, 0.1) is 0 Å². The van der Waals surface area contributed by atoms with Crippen molar-refractivity contribution in [3.05, 3.63) is 29.8 Å². The topological polar surface area (TPSA) is 58.4 Å². The van der Waals surface area contributed by atoms with Gasteiger partial charge < -0.3 is 16.0 Å². The van der Waals surface area contributed by atoms with Crippen molar-refractivity contribution in [1.82, 2.24) is 5.32 Å². The Balaban J connectivity index is 2.74. The first-order chi connectivity index (χ1) is 8.21. The highest BCUT2D eigenvalue weighted by atomic mass is 16.2. The highest BCUT2D eigenvalue weighted by Gasteiger charge is 2.09. The summed E-state index contributed by atoms with van der Waals surface area (Å²) >= 11 is 0. The quantitative estimate of drug-likeness (QED) is 0.776. The molecule has 17 heavy (non-hydrogen) atoms. The molecule has 0 aliphatic heterocycles. The van der Waals surface area contributed by atoms with E-state index in [0.717, 1.165) is 17.8 Å². The van der Waals surface area contributed by atoms with E-state index in [1.807, 2.05) is 43.0 Å². The highest BCUT2D eigenvalue weighted by molar-refractivity contribution is 5.81. The van der Waals surface area contributed by atoms with Crippen LogP contribution in [0.3, 0.4) is 0 Å². The van der Waals surface area contributed by atoms with Crippen LogP contribution in [-0.4, -0.2) is 25.5 Å². The number of amides is 1. The van der Waals surface area contributed by atoms with Crippen LogP contribution < -0.4 is 16.0 Å². The third kappa shape index (κ3) is 4.07. The van der Waals surface area contributed by atoms with Gasteiger partial charge in [-0.25, -0.2) is 0 Å². The maximum atomic E-state index is 11.6. The summed E-state index contributed by atoms with van der Waals surface area (Å²) in [5.41, 5.74) is 7.74. The molecule has 0 aliphatic rings. The van der Waals surface area contributed by atoms with Crippen LogP contribution in [0.25, 0.3) is 0 Å². The molecule has 1 amide bonds. The van der Waals surface area contributed by atoms with E-state index >= 15 is 0 Å². The maximum absolute atomic E-state index is 11.6. The van der Waals surface area contributed by atoms with Crippen molar-refractivity contribution in [3.63, 3.8) is 0 Å². The predicted molar refractivity (Wildman–Crippen MR) is 70.9 cm³/mol. The zero-order valence-corrected chi connectivity index (χ0v) is 10.6. The van der Waals surface area contributed by atoms with Crippen LogP contribution >= 0.6 is 0 Å². The molecule has 0 saturated carbocycles. The van der Waals surface area contributed by atoms with E-state index < -0.39 is 0 Å². The Hall–Kier alpha value is -1.55. The number of benzene rings is 1. The second-order valence-electron chi connectivity index (χ2n) is 3.84. The number of nitrogens with two attached hydrogens (primary N) is 1. The zero-order chi connectivity index (χ0) is 12.7. The highest BCUT2D eigenvalue weighted by Crippen LogP contribution is 2.15. The van der Waals surface area contributed by atoms with Crippen LogP contribution in [0.1, 0.15) is 19.4 Å². The lowest BCUT2D eigenvalue weighted by Gasteiger charge is -2.22. The predicted octanol–water partition coefficient (Wildman–Crippen LogP) is 1.11. The molecule has 94 valence electrons. The van der Waals surface area contributed by atoms with Gasteiger partial charge in [0, 0.05) is 25.3 Å². The molecule has 0 heterocycles. The van der Waals surface area contributed by atoms with Gasteiger partial charge in [0.15, 0.2) is 0 Å². The van der Waals surface area contributed by atoms with Gasteiger partial charge in [0.1, 0.15) is 0 Å². The van der Waals surface area contributed by atoms with Gasteiger partial charge in [0.05, 0.1) is 6.54 Å². The molecule has 3 N–H and O–H groups in total. The fourth-order valence-corrected chi connectivity index (χ4v) is 1.69. The van der Waals surface area contributed by atoms with Gasteiger partial charge in [0.2, 0.25) is 5.91 Å². The van der Waals surface area contributed by atoms with Gasteiger partial charge in [-0.3, -0.25) is 4.79 Å². The average Bonchev–Trinajstić information content (AvgIpc) is 2.36. The van der Waals surface area contributed by atoms with Gasteiger partial charge in [0.25, 0.3) is 0 Å². The zero-order valence-electron chi connectivity index (χ0n) is 10.6. The van der Waals surface area contributed by atoms with Crippen LogP contribution in [0.4, 0.5) is 5.69 Å². The lowest BCUT2D eigenvalue weighted by Crippen LogP contribution is -2.37. The summed E-state index contributed by atoms with van der Waals surface area (Å²) in [7, 11) is 0. The van der Waals surface area contributed by atoms with Gasteiger partial charge >= 0.3 is 0 Å². The van der Waals surface area contributed by atoms with Crippen molar-refractivity contribution in [2.24, 2.45) is 5.73 Å². The Kier molecular flexibility index (Phi) is 5.49. The standard InChI is InChI=1S/C13H21N3O/c1-3-15-13(17)10-16(4-2)12-7-5-6-11(8-12)9-14/h5-8H,3-4,9-10,14H2,1-2H3,(H,15,17). The van der Waals surface area contributed by atoms with Gasteiger partial charge in [-0.1, -0.05) is 12.1 Å². The number of rotatable bonds is 6. The summed E-state index contributed by atoms with van der Waals surface area (Å²) in [6, 6.07) is 7.99. The van der Waals surface area contributed by atoms with Crippen LogP contribution in [0.15, 0.2) is 24.3 Å². The summed E-state index contributed by atoms with van der Waals surface area (Å²) in [6.45, 7) is 6.33. The van der Waals surface area contributed by atoms with Crippen molar-refractivity contribution >= 4 is 11.6 Å². The number of nitrogens with one attached hydrogen (secondary N) is 1. The SMILES string of the molecule is CCNC(=O)CN(CC)c1cccc(CN)c1. The Morgan fingerprint density at radius 1 is 1.41 bits per heavy atom. The molecule has 0 bridgehead atoms. The van der Waals surface area contributed by atoms with Crippen molar-refractivity contribution in [2.45, 2.75) is 20.4 Å². The summed E-state index contributed by atoms with van der Waals surface area (Å²) in [5.74, 6) is 0.0486. The molecule has 1 rings (SSSR count). The van der Waals surface area contributed by atoms with E-state index in [2.05, 4.69) is 5.32 Å². The summed E-state index contributed by atoms with van der Waals surface area (Å²) in [6.07, 6.45) is 0. The fraction of sp³-hybridized carbons (Fsp3) is 0.462. The van der Waals surface area contributed by atoms with Crippen LogP contribution in [-0.2, 0) is 11.3 Å². The largest absolute Gasteiger partial charge is 0.362 e. The maximum Gasteiger partial charge on any atom is 0.239 e. The second kappa shape index (κ2) is 6.91. The molecule has 0 fully saturated rings. The number of carbonyl (C=O) groups is 1. The molecule has 0 unspecified atom stereocenters. The Bertz CT molecular complexity index is 365. The number of anilines is 1. The summed E-state index contributed by atoms with van der Waals surface area (Å²) < 4.78 is 0. The van der Waals surface area contributed by atoms with Crippen molar-refractivity contribution in [2.75, 3.05) is 24.5 Å². The smallest absolute Gasteiger partial charge is 0.239 e. The molecule has 0 aliphatic carbocycles. The molecular weight excluding hydrogens is 214 g/mol. The van der Waals surface area contributed by atoms with E-state index in [-0.39, 0.29) is 5.91 Å². The first kappa shape index (κ1) is 13.5. The lowest BCUT2D eigenvalue weighted by atomic mass is 10.2. The average molecular weight is 235 g/mol. The lowest BCUT2D eigenvalue weighted by molar-refractivity contribution is -0.119. The number of hydrogen-bond donors (Lipinski definition) is 2.